The molecule has 0 bridgehead atoms. The Morgan fingerprint density at radius 1 is 1.26 bits per heavy atom. The fourth-order valence-corrected chi connectivity index (χ4v) is 2.96. The molecule has 0 aromatic carbocycles. The van der Waals surface area contributed by atoms with Crippen LogP contribution in [0.1, 0.15) is 18.7 Å². The van der Waals surface area contributed by atoms with Crippen LogP contribution < -0.4 is 0 Å². The van der Waals surface area contributed by atoms with Crippen LogP contribution in [-0.4, -0.2) is 64.8 Å². The van der Waals surface area contributed by atoms with Crippen molar-refractivity contribution in [2.75, 3.05) is 39.3 Å². The second kappa shape index (κ2) is 6.03. The van der Waals surface area contributed by atoms with Crippen LogP contribution in [0.4, 0.5) is 0 Å². The number of aryl methyl sites for hydroxylation is 1. The van der Waals surface area contributed by atoms with E-state index in [1.165, 1.54) is 12.8 Å². The number of ether oxygens (including phenoxy) is 1. The number of imidazole rings is 1. The molecule has 1 atom stereocenters. The molecule has 2 aliphatic rings. The van der Waals surface area contributed by atoms with Crippen LogP contribution >= 0.6 is 0 Å². The van der Waals surface area contributed by atoms with Gasteiger partial charge in [0.15, 0.2) is 0 Å². The van der Waals surface area contributed by atoms with E-state index in [1.54, 1.807) is 0 Å². The summed E-state index contributed by atoms with van der Waals surface area (Å²) < 4.78 is 7.82. The van der Waals surface area contributed by atoms with Gasteiger partial charge in [0, 0.05) is 58.8 Å². The minimum Gasteiger partial charge on any atom is -0.377 e. The van der Waals surface area contributed by atoms with E-state index in [2.05, 4.69) is 26.4 Å². The third kappa shape index (κ3) is 3.35. The molecular weight excluding hydrogens is 240 g/mol. The minimum absolute atomic E-state index is 0.487. The van der Waals surface area contributed by atoms with Gasteiger partial charge < -0.3 is 9.30 Å². The second-order valence-corrected chi connectivity index (χ2v) is 5.67. The number of hydrogen-bond donors (Lipinski definition) is 0. The zero-order valence-electron chi connectivity index (χ0n) is 11.8. The first kappa shape index (κ1) is 13.1. The highest BCUT2D eigenvalue weighted by Crippen LogP contribution is 2.15. The number of piperazine rings is 1. The Bertz CT molecular complexity index is 392. The summed E-state index contributed by atoms with van der Waals surface area (Å²) in [7, 11) is 2.07. The molecule has 0 radical (unpaired) electrons. The van der Waals surface area contributed by atoms with Crippen LogP contribution in [0, 0.1) is 0 Å². The van der Waals surface area contributed by atoms with E-state index in [-0.39, 0.29) is 0 Å². The smallest absolute Gasteiger partial charge is 0.122 e. The maximum atomic E-state index is 5.71. The second-order valence-electron chi connectivity index (χ2n) is 5.67. The standard InChI is InChI=1S/C14H24N4O/c1-16-5-4-15-14(16)12-18-8-6-17(7-9-18)11-13-3-2-10-19-13/h4-5,13H,2-3,6-12H2,1H3. The van der Waals surface area contributed by atoms with Gasteiger partial charge in [-0.3, -0.25) is 9.80 Å². The fourth-order valence-electron chi connectivity index (χ4n) is 2.96. The number of nitrogens with zero attached hydrogens (tertiary/aromatic N) is 4. The molecule has 106 valence electrons. The SMILES string of the molecule is Cn1ccnc1CN1CCN(CC2CCCO2)CC1. The summed E-state index contributed by atoms with van der Waals surface area (Å²) >= 11 is 0. The van der Waals surface area contributed by atoms with E-state index in [0.29, 0.717) is 6.10 Å². The third-order valence-electron chi connectivity index (χ3n) is 4.24. The molecule has 1 unspecified atom stereocenters. The number of rotatable bonds is 4. The van der Waals surface area contributed by atoms with Crippen molar-refractivity contribution in [3.8, 4) is 0 Å². The van der Waals surface area contributed by atoms with Gasteiger partial charge in [0.25, 0.3) is 0 Å². The first-order chi connectivity index (χ1) is 9.31. The normalized spacial score (nSPS) is 26.1. The van der Waals surface area contributed by atoms with Gasteiger partial charge in [-0.15, -0.1) is 0 Å². The molecule has 3 rings (SSSR count). The third-order valence-corrected chi connectivity index (χ3v) is 4.24. The monoisotopic (exact) mass is 264 g/mol. The molecule has 0 N–H and O–H groups in total. The lowest BCUT2D eigenvalue weighted by Gasteiger charge is -2.35. The Labute approximate surface area is 115 Å². The molecule has 0 saturated carbocycles. The molecule has 1 aromatic rings. The van der Waals surface area contributed by atoms with E-state index in [4.69, 9.17) is 4.74 Å². The quantitative estimate of drug-likeness (QED) is 0.802. The van der Waals surface area contributed by atoms with Gasteiger partial charge in [-0.25, -0.2) is 4.98 Å². The predicted octanol–water partition coefficient (Wildman–Crippen LogP) is 0.717. The van der Waals surface area contributed by atoms with Crippen molar-refractivity contribution in [1.29, 1.82) is 0 Å². The van der Waals surface area contributed by atoms with Crippen molar-refractivity contribution in [2.24, 2.45) is 7.05 Å². The van der Waals surface area contributed by atoms with Crippen LogP contribution in [-0.2, 0) is 18.3 Å². The molecule has 1 aromatic heterocycles. The summed E-state index contributed by atoms with van der Waals surface area (Å²) in [6.07, 6.45) is 6.87. The van der Waals surface area contributed by atoms with Gasteiger partial charge in [-0.1, -0.05) is 0 Å². The summed E-state index contributed by atoms with van der Waals surface area (Å²) in [4.78, 5) is 9.44. The van der Waals surface area contributed by atoms with E-state index in [9.17, 15) is 0 Å². The highest BCUT2D eigenvalue weighted by Gasteiger charge is 2.23. The highest BCUT2D eigenvalue weighted by molar-refractivity contribution is 4.91. The number of aromatic nitrogens is 2. The first-order valence-corrected chi connectivity index (χ1v) is 7.34. The molecule has 2 saturated heterocycles. The molecule has 2 fully saturated rings. The van der Waals surface area contributed by atoms with Crippen molar-refractivity contribution in [1.82, 2.24) is 19.4 Å². The minimum atomic E-state index is 0.487. The molecule has 0 spiro atoms. The lowest BCUT2D eigenvalue weighted by Crippen LogP contribution is -2.48. The topological polar surface area (TPSA) is 33.5 Å². The lowest BCUT2D eigenvalue weighted by molar-refractivity contribution is 0.0483. The Kier molecular flexibility index (Phi) is 4.15. The van der Waals surface area contributed by atoms with Crippen molar-refractivity contribution in [3.63, 3.8) is 0 Å². The molecular formula is C14H24N4O. The van der Waals surface area contributed by atoms with Gasteiger partial charge in [0.1, 0.15) is 5.82 Å². The summed E-state index contributed by atoms with van der Waals surface area (Å²) in [6.45, 7) is 7.64. The Hall–Kier alpha value is -0.910. The number of hydrogen-bond acceptors (Lipinski definition) is 4. The average molecular weight is 264 g/mol. The largest absolute Gasteiger partial charge is 0.377 e. The maximum Gasteiger partial charge on any atom is 0.122 e. The maximum absolute atomic E-state index is 5.71. The van der Waals surface area contributed by atoms with Crippen LogP contribution in [0.2, 0.25) is 0 Å². The first-order valence-electron chi connectivity index (χ1n) is 7.34. The summed E-state index contributed by atoms with van der Waals surface area (Å²) in [5.74, 6) is 1.16. The van der Waals surface area contributed by atoms with Crippen molar-refractivity contribution >= 4 is 0 Å². The molecule has 19 heavy (non-hydrogen) atoms. The Balaban J connectivity index is 1.43. The Morgan fingerprint density at radius 3 is 2.68 bits per heavy atom. The zero-order chi connectivity index (χ0) is 13.1. The van der Waals surface area contributed by atoms with Gasteiger partial charge in [0.2, 0.25) is 0 Å². The van der Waals surface area contributed by atoms with Gasteiger partial charge in [0.05, 0.1) is 12.6 Å². The predicted molar refractivity (Wildman–Crippen MR) is 73.9 cm³/mol. The van der Waals surface area contributed by atoms with Crippen molar-refractivity contribution in [2.45, 2.75) is 25.5 Å². The molecule has 0 amide bonds. The Morgan fingerprint density at radius 2 is 2.05 bits per heavy atom. The van der Waals surface area contributed by atoms with Gasteiger partial charge in [-0.05, 0) is 12.8 Å². The summed E-state index contributed by atoms with van der Waals surface area (Å²) in [5, 5.41) is 0. The van der Waals surface area contributed by atoms with Crippen molar-refractivity contribution in [3.05, 3.63) is 18.2 Å². The molecule has 2 aliphatic heterocycles. The molecule has 3 heterocycles. The fraction of sp³-hybridized carbons (Fsp3) is 0.786. The van der Waals surface area contributed by atoms with Crippen LogP contribution in [0.25, 0.3) is 0 Å². The van der Waals surface area contributed by atoms with Crippen LogP contribution in [0.3, 0.4) is 0 Å². The molecule has 0 aliphatic carbocycles. The van der Waals surface area contributed by atoms with Crippen LogP contribution in [0.5, 0.6) is 0 Å². The summed E-state index contributed by atoms with van der Waals surface area (Å²) in [6, 6.07) is 0. The zero-order valence-corrected chi connectivity index (χ0v) is 11.8. The van der Waals surface area contributed by atoms with Crippen molar-refractivity contribution < 1.29 is 4.74 Å². The average Bonchev–Trinajstić information content (AvgIpc) is 3.05. The molecule has 5 nitrogen and oxygen atoms in total. The summed E-state index contributed by atoms with van der Waals surface area (Å²) in [5.41, 5.74) is 0. The van der Waals surface area contributed by atoms with E-state index in [0.717, 1.165) is 51.7 Å². The van der Waals surface area contributed by atoms with Gasteiger partial charge >= 0.3 is 0 Å². The highest BCUT2D eigenvalue weighted by atomic mass is 16.5. The van der Waals surface area contributed by atoms with E-state index in [1.807, 2.05) is 12.4 Å². The lowest BCUT2D eigenvalue weighted by atomic mass is 10.2. The molecule has 5 heteroatoms. The van der Waals surface area contributed by atoms with Crippen LogP contribution in [0.15, 0.2) is 12.4 Å². The van der Waals surface area contributed by atoms with E-state index < -0.39 is 0 Å². The van der Waals surface area contributed by atoms with E-state index >= 15 is 0 Å². The van der Waals surface area contributed by atoms with Gasteiger partial charge in [-0.2, -0.15) is 0 Å².